The molecule has 0 aromatic rings. The van der Waals surface area contributed by atoms with Gasteiger partial charge in [-0.2, -0.15) is 0 Å². The van der Waals surface area contributed by atoms with Crippen LogP contribution < -0.4 is 0 Å². The van der Waals surface area contributed by atoms with Gasteiger partial charge in [-0.3, -0.25) is 43.6 Å². The molecule has 1 saturated heterocycles. The molecule has 1 heterocycles. The Balaban J connectivity index is 2.44. The minimum absolute atomic E-state index is 0.117. The zero-order valence-electron chi connectivity index (χ0n) is 56.2. The van der Waals surface area contributed by atoms with Gasteiger partial charge in [-0.25, -0.2) is 0 Å². The molecule has 1 fully saturated rings. The van der Waals surface area contributed by atoms with E-state index in [0.717, 1.165) is 218 Å². The first-order valence-electron chi connectivity index (χ1n) is 35.4. The van der Waals surface area contributed by atoms with Crippen molar-refractivity contribution in [1.82, 2.24) is 19.6 Å². The molecule has 1 aliphatic rings. The van der Waals surface area contributed by atoms with Crippen LogP contribution in [0.25, 0.3) is 0 Å². The van der Waals surface area contributed by atoms with E-state index in [0.29, 0.717) is 130 Å². The fourth-order valence-corrected chi connectivity index (χ4v) is 12.7. The summed E-state index contributed by atoms with van der Waals surface area (Å²) in [6.45, 7) is 19.5. The van der Waals surface area contributed by atoms with Crippen LogP contribution in [0.3, 0.4) is 0 Å². The fraction of sp³-hybridized carbons (Fsp3) is 0.926. The summed E-state index contributed by atoms with van der Waals surface area (Å²) >= 11 is 0. The third-order valence-electron chi connectivity index (χ3n) is 16.1. The summed E-state index contributed by atoms with van der Waals surface area (Å²) in [5, 5.41) is 44.2. The summed E-state index contributed by atoms with van der Waals surface area (Å²) < 4.78 is 26.7. The molecule has 0 spiro atoms. The van der Waals surface area contributed by atoms with Crippen molar-refractivity contribution in [3.05, 3.63) is 0 Å². The van der Waals surface area contributed by atoms with Gasteiger partial charge in [0.1, 0.15) is 6.61 Å². The van der Waals surface area contributed by atoms with E-state index in [1.165, 1.54) is 0 Å². The number of aliphatic hydroxyl groups is 4. The van der Waals surface area contributed by atoms with Gasteiger partial charge in [-0.1, -0.05) is 152 Å². The standard InChI is InChI=1S/C68H130N4O14S2/c1-5-9-49-82-64(77)36-25-17-13-21-32-60(73)56-71(57-61(74)33-22-14-18-26-37-65(78)83-50-10-6-2)41-29-30-54-87-88-55-48-70-45-43-69(44-46-70)47-53-86-68(81)40-31-42-72(58-62(75)34-23-15-19-27-38-66(79)84-51-11-7-3)59-63(76)35-24-16-20-28-39-67(80)85-52-12-8-4/h60-63,73-76H,5-59H2,1-4H3. The second-order valence-electron chi connectivity index (χ2n) is 24.6. The first-order chi connectivity index (χ1) is 42.8. The molecule has 0 saturated carbocycles. The summed E-state index contributed by atoms with van der Waals surface area (Å²) in [6.07, 6.45) is 26.9. The Hall–Kier alpha value is -2.27. The number of esters is 5. The highest BCUT2D eigenvalue weighted by atomic mass is 33.1. The van der Waals surface area contributed by atoms with E-state index >= 15 is 0 Å². The van der Waals surface area contributed by atoms with E-state index in [1.807, 2.05) is 21.6 Å². The quantitative estimate of drug-likeness (QED) is 0.0192. The van der Waals surface area contributed by atoms with Crippen LogP contribution in [0.15, 0.2) is 0 Å². The van der Waals surface area contributed by atoms with Crippen molar-refractivity contribution in [2.24, 2.45) is 0 Å². The molecule has 18 nitrogen and oxygen atoms in total. The molecule has 0 amide bonds. The van der Waals surface area contributed by atoms with Crippen LogP contribution in [-0.4, -0.2) is 217 Å². The molecule has 0 radical (unpaired) electrons. The van der Waals surface area contributed by atoms with Crippen LogP contribution in [0.4, 0.5) is 0 Å². The first-order valence-corrected chi connectivity index (χ1v) is 37.9. The van der Waals surface area contributed by atoms with Crippen molar-refractivity contribution in [3.63, 3.8) is 0 Å². The molecular weight excluding hydrogens is 1160 g/mol. The number of unbranched alkanes of at least 4 members (excludes halogenated alkanes) is 17. The molecule has 0 aliphatic carbocycles. The van der Waals surface area contributed by atoms with E-state index in [4.69, 9.17) is 23.7 Å². The number of piperazine rings is 1. The van der Waals surface area contributed by atoms with Gasteiger partial charge in [0.25, 0.3) is 0 Å². The number of carbonyl (C=O) groups is 5. The molecule has 4 unspecified atom stereocenters. The molecule has 1 rings (SSSR count). The Morgan fingerprint density at radius 3 is 0.966 bits per heavy atom. The third-order valence-corrected chi connectivity index (χ3v) is 18.6. The fourth-order valence-electron chi connectivity index (χ4n) is 10.5. The van der Waals surface area contributed by atoms with E-state index < -0.39 is 24.4 Å². The van der Waals surface area contributed by atoms with Gasteiger partial charge in [0.05, 0.1) is 50.8 Å². The monoisotopic (exact) mass is 1290 g/mol. The van der Waals surface area contributed by atoms with Gasteiger partial charge in [0, 0.05) is 109 Å². The van der Waals surface area contributed by atoms with Crippen molar-refractivity contribution in [2.45, 2.75) is 283 Å². The Morgan fingerprint density at radius 2 is 0.625 bits per heavy atom. The second-order valence-corrected chi connectivity index (χ2v) is 27.3. The van der Waals surface area contributed by atoms with Crippen molar-refractivity contribution in [3.8, 4) is 0 Å². The Labute approximate surface area is 542 Å². The van der Waals surface area contributed by atoms with Gasteiger partial charge in [0.2, 0.25) is 0 Å². The van der Waals surface area contributed by atoms with Gasteiger partial charge in [-0.15, -0.1) is 0 Å². The second kappa shape index (κ2) is 60.9. The average molecular weight is 1290 g/mol. The number of hydrogen-bond donors (Lipinski definition) is 4. The lowest BCUT2D eigenvalue weighted by Gasteiger charge is -2.34. The number of aliphatic hydroxyl groups excluding tert-OH is 4. The predicted octanol–water partition coefficient (Wildman–Crippen LogP) is 11.9. The van der Waals surface area contributed by atoms with Gasteiger partial charge >= 0.3 is 29.8 Å². The lowest BCUT2D eigenvalue weighted by Crippen LogP contribution is -2.47. The summed E-state index contributed by atoms with van der Waals surface area (Å²) in [5.41, 5.74) is 0. The van der Waals surface area contributed by atoms with Crippen molar-refractivity contribution in [1.29, 1.82) is 0 Å². The van der Waals surface area contributed by atoms with E-state index in [1.54, 1.807) is 0 Å². The van der Waals surface area contributed by atoms with Crippen LogP contribution in [-0.2, 0) is 47.7 Å². The van der Waals surface area contributed by atoms with Crippen molar-refractivity contribution in [2.75, 3.05) is 123 Å². The number of nitrogens with zero attached hydrogens (tertiary/aromatic N) is 4. The molecule has 20 heteroatoms. The molecule has 4 atom stereocenters. The summed E-state index contributed by atoms with van der Waals surface area (Å²) in [4.78, 5) is 69.8. The van der Waals surface area contributed by atoms with Crippen molar-refractivity contribution < 1.29 is 68.1 Å². The van der Waals surface area contributed by atoms with E-state index in [2.05, 4.69) is 47.3 Å². The smallest absolute Gasteiger partial charge is 0.305 e. The minimum atomic E-state index is -0.562. The summed E-state index contributed by atoms with van der Waals surface area (Å²) in [5.74, 6) is 1.36. The summed E-state index contributed by atoms with van der Waals surface area (Å²) in [7, 11) is 3.84. The highest BCUT2D eigenvalue weighted by Crippen LogP contribution is 2.23. The Morgan fingerprint density at radius 1 is 0.341 bits per heavy atom. The van der Waals surface area contributed by atoms with Gasteiger partial charge in [0.15, 0.2) is 0 Å². The summed E-state index contributed by atoms with van der Waals surface area (Å²) in [6, 6.07) is 0. The predicted molar refractivity (Wildman–Crippen MR) is 358 cm³/mol. The van der Waals surface area contributed by atoms with Crippen LogP contribution in [0.1, 0.15) is 259 Å². The first kappa shape index (κ1) is 83.7. The Bertz CT molecular complexity index is 1570. The zero-order valence-corrected chi connectivity index (χ0v) is 57.8. The maximum atomic E-state index is 12.9. The van der Waals surface area contributed by atoms with Gasteiger partial charge < -0.3 is 44.1 Å². The molecular formula is C68H130N4O14S2. The third kappa shape index (κ3) is 54.3. The van der Waals surface area contributed by atoms with Gasteiger partial charge in [-0.05, 0) is 109 Å². The molecule has 0 aromatic carbocycles. The zero-order chi connectivity index (χ0) is 64.3. The molecule has 518 valence electrons. The van der Waals surface area contributed by atoms with E-state index in [9.17, 15) is 44.4 Å². The molecule has 1 aliphatic heterocycles. The average Bonchev–Trinajstić information content (AvgIpc) is 3.58. The van der Waals surface area contributed by atoms with Crippen LogP contribution in [0.2, 0.25) is 0 Å². The highest BCUT2D eigenvalue weighted by molar-refractivity contribution is 8.76. The molecule has 88 heavy (non-hydrogen) atoms. The molecule has 0 aromatic heterocycles. The lowest BCUT2D eigenvalue weighted by atomic mass is 10.1. The number of ether oxygens (including phenoxy) is 5. The Kier molecular flexibility index (Phi) is 58.0. The normalized spacial score (nSPS) is 14.5. The molecule has 4 N–H and O–H groups in total. The van der Waals surface area contributed by atoms with Crippen LogP contribution in [0, 0.1) is 0 Å². The largest absolute Gasteiger partial charge is 0.466 e. The maximum Gasteiger partial charge on any atom is 0.305 e. The van der Waals surface area contributed by atoms with Crippen LogP contribution >= 0.6 is 21.6 Å². The maximum absolute atomic E-state index is 12.9. The number of hydrogen-bond acceptors (Lipinski definition) is 20. The number of rotatable bonds is 64. The lowest BCUT2D eigenvalue weighted by molar-refractivity contribution is -0.145. The van der Waals surface area contributed by atoms with E-state index in [-0.39, 0.29) is 36.3 Å². The van der Waals surface area contributed by atoms with Crippen molar-refractivity contribution >= 4 is 51.4 Å². The highest BCUT2D eigenvalue weighted by Gasteiger charge is 2.21. The topological polar surface area (TPSA) is 225 Å². The minimum Gasteiger partial charge on any atom is -0.466 e. The molecule has 0 bridgehead atoms. The SMILES string of the molecule is CCCCOC(=O)CCCCCCC(O)CN(CCCCSSCCN1CCN(CCOC(=O)CCCN(CC(O)CCCCCCC(=O)OCCCC)CC(O)CCCCCCC(=O)OCCCC)CC1)CC(O)CCCCCCC(=O)OCCCC. The number of carbonyl (C=O) groups excluding carboxylic acids is 5. The van der Waals surface area contributed by atoms with Crippen LogP contribution in [0.5, 0.6) is 0 Å².